The quantitative estimate of drug-likeness (QED) is 0.916. The summed E-state index contributed by atoms with van der Waals surface area (Å²) in [6.45, 7) is 2.07. The van der Waals surface area contributed by atoms with Crippen molar-refractivity contribution < 1.29 is 23.8 Å². The van der Waals surface area contributed by atoms with Crippen LogP contribution in [0.3, 0.4) is 0 Å². The number of hydrogen-bond donors (Lipinski definition) is 1. The molecule has 0 saturated carbocycles. The lowest BCUT2D eigenvalue weighted by Crippen LogP contribution is -2.02. The van der Waals surface area contributed by atoms with E-state index in [2.05, 4.69) is 0 Å². The Hall–Kier alpha value is -2.56. The smallest absolute Gasteiger partial charge is 0.335 e. The molecular weight excluding hydrogens is 275 g/mol. The summed E-state index contributed by atoms with van der Waals surface area (Å²) in [5.74, 6) is -1.23. The molecule has 21 heavy (non-hydrogen) atoms. The predicted octanol–water partition coefficient (Wildman–Crippen LogP) is 3.42. The molecule has 0 spiro atoms. The highest BCUT2D eigenvalue weighted by Crippen LogP contribution is 2.24. The Morgan fingerprint density at radius 2 is 1.90 bits per heavy atom. The van der Waals surface area contributed by atoms with Crippen molar-refractivity contribution in [3.05, 3.63) is 58.9 Å². The average molecular weight is 290 g/mol. The normalized spacial score (nSPS) is 10.2. The van der Waals surface area contributed by atoms with Gasteiger partial charge in [-0.3, -0.25) is 0 Å². The molecule has 2 rings (SSSR count). The van der Waals surface area contributed by atoms with Crippen LogP contribution in [0.5, 0.6) is 11.5 Å². The Balaban J connectivity index is 2.17. The number of rotatable bonds is 5. The predicted molar refractivity (Wildman–Crippen MR) is 75.4 cm³/mol. The number of ether oxygens (including phenoxy) is 2. The summed E-state index contributed by atoms with van der Waals surface area (Å²) < 4.78 is 24.4. The number of halogens is 1. The molecule has 0 saturated heterocycles. The summed E-state index contributed by atoms with van der Waals surface area (Å²) >= 11 is 0. The van der Waals surface area contributed by atoms with Crippen molar-refractivity contribution in [3.8, 4) is 11.5 Å². The van der Waals surface area contributed by atoms with Crippen molar-refractivity contribution >= 4 is 5.97 Å². The zero-order chi connectivity index (χ0) is 15.4. The fourth-order valence-electron chi connectivity index (χ4n) is 1.93. The van der Waals surface area contributed by atoms with Crippen molar-refractivity contribution in [2.24, 2.45) is 0 Å². The minimum absolute atomic E-state index is 0.00330. The molecule has 0 aliphatic rings. The molecular formula is C16H15FO4. The number of aryl methyl sites for hydroxylation is 1. The summed E-state index contributed by atoms with van der Waals surface area (Å²) in [7, 11) is 1.55. The largest absolute Gasteiger partial charge is 0.496 e. The van der Waals surface area contributed by atoms with Gasteiger partial charge < -0.3 is 14.6 Å². The van der Waals surface area contributed by atoms with E-state index in [-0.39, 0.29) is 17.9 Å². The first-order chi connectivity index (χ1) is 10.0. The number of carboxylic acid groups (broad SMARTS) is 1. The van der Waals surface area contributed by atoms with Crippen LogP contribution in [-0.4, -0.2) is 18.2 Å². The third-order valence-electron chi connectivity index (χ3n) is 3.00. The van der Waals surface area contributed by atoms with Gasteiger partial charge >= 0.3 is 5.97 Å². The summed E-state index contributed by atoms with van der Waals surface area (Å²) in [5, 5.41) is 8.78. The number of carbonyl (C=O) groups is 1. The topological polar surface area (TPSA) is 55.8 Å². The molecule has 0 bridgehead atoms. The fourth-order valence-corrected chi connectivity index (χ4v) is 1.93. The van der Waals surface area contributed by atoms with E-state index < -0.39 is 11.8 Å². The number of methoxy groups -OCH3 is 1. The van der Waals surface area contributed by atoms with Crippen LogP contribution in [0, 0.1) is 12.7 Å². The van der Waals surface area contributed by atoms with E-state index in [1.807, 2.05) is 25.1 Å². The molecule has 5 heteroatoms. The molecule has 0 heterocycles. The number of benzene rings is 2. The highest BCUT2D eigenvalue weighted by molar-refractivity contribution is 5.87. The van der Waals surface area contributed by atoms with E-state index in [1.54, 1.807) is 7.11 Å². The molecule has 4 nitrogen and oxygen atoms in total. The molecule has 1 N–H and O–H groups in total. The van der Waals surface area contributed by atoms with Gasteiger partial charge in [-0.15, -0.1) is 0 Å². The molecule has 0 aliphatic heterocycles. The Morgan fingerprint density at radius 1 is 1.19 bits per heavy atom. The Kier molecular flexibility index (Phi) is 4.42. The van der Waals surface area contributed by atoms with Gasteiger partial charge in [0.15, 0.2) is 11.6 Å². The Labute approximate surface area is 121 Å². The molecule has 0 radical (unpaired) electrons. The first kappa shape index (κ1) is 14.8. The molecule has 0 aromatic heterocycles. The molecule has 2 aromatic carbocycles. The van der Waals surface area contributed by atoms with Crippen LogP contribution < -0.4 is 9.47 Å². The summed E-state index contributed by atoms with van der Waals surface area (Å²) in [6, 6.07) is 9.16. The van der Waals surface area contributed by atoms with E-state index in [0.29, 0.717) is 5.75 Å². The van der Waals surface area contributed by atoms with Gasteiger partial charge in [0, 0.05) is 5.56 Å². The summed E-state index contributed by atoms with van der Waals surface area (Å²) in [4.78, 5) is 10.7. The van der Waals surface area contributed by atoms with Crippen LogP contribution in [0.15, 0.2) is 36.4 Å². The maximum atomic E-state index is 13.8. The molecule has 0 atom stereocenters. The van der Waals surface area contributed by atoms with Crippen molar-refractivity contribution in [2.75, 3.05) is 7.11 Å². The SMILES string of the molecule is COc1ccc(C)cc1COc1ccc(C(=O)O)cc1F. The first-order valence-electron chi connectivity index (χ1n) is 6.30. The van der Waals surface area contributed by atoms with Crippen LogP contribution >= 0.6 is 0 Å². The third-order valence-corrected chi connectivity index (χ3v) is 3.00. The summed E-state index contributed by atoms with van der Waals surface area (Å²) in [6.07, 6.45) is 0. The highest BCUT2D eigenvalue weighted by Gasteiger charge is 2.10. The van der Waals surface area contributed by atoms with Crippen LogP contribution in [-0.2, 0) is 6.61 Å². The first-order valence-corrected chi connectivity index (χ1v) is 6.30. The van der Waals surface area contributed by atoms with E-state index >= 15 is 0 Å². The highest BCUT2D eigenvalue weighted by atomic mass is 19.1. The molecule has 0 fully saturated rings. The zero-order valence-corrected chi connectivity index (χ0v) is 11.7. The lowest BCUT2D eigenvalue weighted by Gasteiger charge is -2.12. The van der Waals surface area contributed by atoms with E-state index in [4.69, 9.17) is 14.6 Å². The lowest BCUT2D eigenvalue weighted by atomic mass is 10.1. The van der Waals surface area contributed by atoms with Gasteiger partial charge in [0.2, 0.25) is 0 Å². The second-order valence-electron chi connectivity index (χ2n) is 4.55. The van der Waals surface area contributed by atoms with Crippen LogP contribution in [0.25, 0.3) is 0 Å². The van der Waals surface area contributed by atoms with E-state index in [0.717, 1.165) is 17.2 Å². The molecule has 0 unspecified atom stereocenters. The van der Waals surface area contributed by atoms with Crippen molar-refractivity contribution in [1.82, 2.24) is 0 Å². The second-order valence-corrected chi connectivity index (χ2v) is 4.55. The number of aromatic carboxylic acids is 1. The maximum absolute atomic E-state index is 13.8. The molecule has 0 amide bonds. The minimum Gasteiger partial charge on any atom is -0.496 e. The average Bonchev–Trinajstić information content (AvgIpc) is 2.46. The van der Waals surface area contributed by atoms with Crippen molar-refractivity contribution in [1.29, 1.82) is 0 Å². The lowest BCUT2D eigenvalue weighted by molar-refractivity contribution is 0.0696. The molecule has 0 aliphatic carbocycles. The van der Waals surface area contributed by atoms with Gasteiger partial charge in [0.05, 0.1) is 12.7 Å². The van der Waals surface area contributed by atoms with E-state index in [1.165, 1.54) is 12.1 Å². The van der Waals surface area contributed by atoms with Crippen LogP contribution in [0.4, 0.5) is 4.39 Å². The Morgan fingerprint density at radius 3 is 2.52 bits per heavy atom. The standard InChI is InChI=1S/C16H15FO4/c1-10-3-5-14(20-2)12(7-10)9-21-15-6-4-11(16(18)19)8-13(15)17/h3-8H,9H2,1-2H3,(H,18,19). The number of hydrogen-bond acceptors (Lipinski definition) is 3. The fraction of sp³-hybridized carbons (Fsp3) is 0.188. The molecule has 2 aromatic rings. The monoisotopic (exact) mass is 290 g/mol. The third kappa shape index (κ3) is 3.51. The number of carboxylic acids is 1. The minimum atomic E-state index is -1.18. The van der Waals surface area contributed by atoms with Crippen LogP contribution in [0.2, 0.25) is 0 Å². The Bertz CT molecular complexity index is 667. The van der Waals surface area contributed by atoms with Crippen molar-refractivity contribution in [3.63, 3.8) is 0 Å². The van der Waals surface area contributed by atoms with Crippen molar-refractivity contribution in [2.45, 2.75) is 13.5 Å². The van der Waals surface area contributed by atoms with Crippen LogP contribution in [0.1, 0.15) is 21.5 Å². The summed E-state index contributed by atoms with van der Waals surface area (Å²) in [5.41, 5.74) is 1.71. The van der Waals surface area contributed by atoms with Gasteiger partial charge in [-0.1, -0.05) is 11.6 Å². The zero-order valence-electron chi connectivity index (χ0n) is 11.7. The van der Waals surface area contributed by atoms with Gasteiger partial charge in [0.25, 0.3) is 0 Å². The van der Waals surface area contributed by atoms with Gasteiger partial charge in [0.1, 0.15) is 12.4 Å². The van der Waals surface area contributed by atoms with Gasteiger partial charge in [-0.05, 0) is 37.3 Å². The van der Waals surface area contributed by atoms with Gasteiger partial charge in [-0.2, -0.15) is 0 Å². The second kappa shape index (κ2) is 6.26. The van der Waals surface area contributed by atoms with E-state index in [9.17, 15) is 9.18 Å². The maximum Gasteiger partial charge on any atom is 0.335 e. The van der Waals surface area contributed by atoms with Gasteiger partial charge in [-0.25, -0.2) is 9.18 Å². The molecule has 110 valence electrons.